The van der Waals surface area contributed by atoms with Crippen LogP contribution in [-0.2, 0) is 4.74 Å². The summed E-state index contributed by atoms with van der Waals surface area (Å²) in [5.74, 6) is 1.12. The zero-order chi connectivity index (χ0) is 7.40. The SMILES string of the molecule is CCC/C=C(/C)OC1CC1. The van der Waals surface area contributed by atoms with Crippen LogP contribution in [-0.4, -0.2) is 6.10 Å². The third kappa shape index (κ3) is 2.90. The van der Waals surface area contributed by atoms with Crippen molar-refractivity contribution in [2.75, 3.05) is 0 Å². The van der Waals surface area contributed by atoms with Crippen molar-refractivity contribution in [1.82, 2.24) is 0 Å². The Kier molecular flexibility index (Phi) is 2.79. The van der Waals surface area contributed by atoms with E-state index in [9.17, 15) is 0 Å². The van der Waals surface area contributed by atoms with Crippen LogP contribution in [0.15, 0.2) is 11.8 Å². The fourth-order valence-corrected chi connectivity index (χ4v) is 0.844. The largest absolute Gasteiger partial charge is 0.495 e. The van der Waals surface area contributed by atoms with Gasteiger partial charge in [-0.1, -0.05) is 13.3 Å². The Morgan fingerprint density at radius 1 is 1.60 bits per heavy atom. The monoisotopic (exact) mass is 140 g/mol. The molecule has 1 aliphatic carbocycles. The molecule has 1 fully saturated rings. The molecule has 1 heteroatoms. The van der Waals surface area contributed by atoms with Crippen molar-refractivity contribution in [2.24, 2.45) is 0 Å². The molecule has 1 nitrogen and oxygen atoms in total. The van der Waals surface area contributed by atoms with E-state index in [0.29, 0.717) is 6.10 Å². The molecule has 1 aliphatic rings. The number of ether oxygens (including phenoxy) is 1. The van der Waals surface area contributed by atoms with E-state index in [1.165, 1.54) is 19.3 Å². The number of rotatable bonds is 4. The Hall–Kier alpha value is -0.460. The van der Waals surface area contributed by atoms with Crippen LogP contribution in [0.1, 0.15) is 39.5 Å². The van der Waals surface area contributed by atoms with Gasteiger partial charge in [0.1, 0.15) is 0 Å². The second-order valence-corrected chi connectivity index (χ2v) is 2.92. The molecule has 0 spiro atoms. The van der Waals surface area contributed by atoms with Crippen LogP contribution >= 0.6 is 0 Å². The molecular weight excluding hydrogens is 124 g/mol. The third-order valence-electron chi connectivity index (χ3n) is 1.60. The summed E-state index contributed by atoms with van der Waals surface area (Å²) in [6, 6.07) is 0. The molecule has 58 valence electrons. The normalized spacial score (nSPS) is 19.2. The number of hydrogen-bond acceptors (Lipinski definition) is 1. The van der Waals surface area contributed by atoms with Gasteiger partial charge >= 0.3 is 0 Å². The van der Waals surface area contributed by atoms with Gasteiger partial charge in [-0.05, 0) is 32.3 Å². The average Bonchev–Trinajstić information content (AvgIpc) is 2.67. The van der Waals surface area contributed by atoms with E-state index in [4.69, 9.17) is 4.74 Å². The molecule has 0 aromatic rings. The Labute approximate surface area is 63.1 Å². The maximum Gasteiger partial charge on any atom is 0.0984 e. The highest BCUT2D eigenvalue weighted by Gasteiger charge is 2.22. The molecule has 0 radical (unpaired) electrons. The molecule has 0 aliphatic heterocycles. The van der Waals surface area contributed by atoms with Gasteiger partial charge in [0, 0.05) is 0 Å². The number of unbranched alkanes of at least 4 members (excludes halogenated alkanes) is 1. The zero-order valence-corrected chi connectivity index (χ0v) is 6.89. The Morgan fingerprint density at radius 3 is 2.80 bits per heavy atom. The van der Waals surface area contributed by atoms with Gasteiger partial charge in [-0.2, -0.15) is 0 Å². The van der Waals surface area contributed by atoms with Crippen molar-refractivity contribution >= 4 is 0 Å². The lowest BCUT2D eigenvalue weighted by atomic mass is 10.3. The topological polar surface area (TPSA) is 9.23 Å². The van der Waals surface area contributed by atoms with Gasteiger partial charge < -0.3 is 4.74 Å². The van der Waals surface area contributed by atoms with Crippen molar-refractivity contribution in [1.29, 1.82) is 0 Å². The predicted octanol–water partition coefficient (Wildman–Crippen LogP) is 2.87. The number of allylic oxidation sites excluding steroid dienone is 2. The summed E-state index contributed by atoms with van der Waals surface area (Å²) in [4.78, 5) is 0. The van der Waals surface area contributed by atoms with Gasteiger partial charge in [0.2, 0.25) is 0 Å². The van der Waals surface area contributed by atoms with Crippen LogP contribution in [0.3, 0.4) is 0 Å². The minimum Gasteiger partial charge on any atom is -0.495 e. The van der Waals surface area contributed by atoms with E-state index in [0.717, 1.165) is 12.2 Å². The van der Waals surface area contributed by atoms with Crippen LogP contribution in [0.5, 0.6) is 0 Å². The van der Waals surface area contributed by atoms with Crippen molar-refractivity contribution < 1.29 is 4.74 Å². The minimum absolute atomic E-state index is 0.563. The first-order valence-electron chi connectivity index (χ1n) is 4.16. The highest BCUT2D eigenvalue weighted by atomic mass is 16.5. The predicted molar refractivity (Wildman–Crippen MR) is 42.8 cm³/mol. The molecule has 0 bridgehead atoms. The molecule has 0 aromatic carbocycles. The van der Waals surface area contributed by atoms with Gasteiger partial charge in [0.15, 0.2) is 0 Å². The van der Waals surface area contributed by atoms with E-state index in [2.05, 4.69) is 13.0 Å². The molecule has 0 unspecified atom stereocenters. The minimum atomic E-state index is 0.563. The van der Waals surface area contributed by atoms with Crippen molar-refractivity contribution in [3.05, 3.63) is 11.8 Å². The molecule has 1 rings (SSSR count). The van der Waals surface area contributed by atoms with Gasteiger partial charge in [0.05, 0.1) is 11.9 Å². The molecule has 10 heavy (non-hydrogen) atoms. The van der Waals surface area contributed by atoms with E-state index >= 15 is 0 Å². The van der Waals surface area contributed by atoms with Crippen molar-refractivity contribution in [2.45, 2.75) is 45.6 Å². The lowest BCUT2D eigenvalue weighted by Crippen LogP contribution is -1.89. The molecule has 0 heterocycles. The Balaban J connectivity index is 2.11. The zero-order valence-electron chi connectivity index (χ0n) is 6.89. The average molecular weight is 140 g/mol. The first-order chi connectivity index (χ1) is 4.83. The summed E-state index contributed by atoms with van der Waals surface area (Å²) < 4.78 is 5.52. The van der Waals surface area contributed by atoms with Crippen molar-refractivity contribution in [3.8, 4) is 0 Å². The lowest BCUT2D eigenvalue weighted by molar-refractivity contribution is 0.197. The smallest absolute Gasteiger partial charge is 0.0984 e. The molecule has 0 saturated heterocycles. The molecule has 0 aromatic heterocycles. The van der Waals surface area contributed by atoms with E-state index in [-0.39, 0.29) is 0 Å². The van der Waals surface area contributed by atoms with Crippen LogP contribution in [0.2, 0.25) is 0 Å². The quantitative estimate of drug-likeness (QED) is 0.545. The van der Waals surface area contributed by atoms with Crippen LogP contribution < -0.4 is 0 Å². The number of hydrogen-bond donors (Lipinski definition) is 0. The lowest BCUT2D eigenvalue weighted by Gasteiger charge is -2.02. The fraction of sp³-hybridized carbons (Fsp3) is 0.778. The van der Waals surface area contributed by atoms with Gasteiger partial charge in [-0.25, -0.2) is 0 Å². The first-order valence-corrected chi connectivity index (χ1v) is 4.16. The van der Waals surface area contributed by atoms with Crippen LogP contribution in [0, 0.1) is 0 Å². The Bertz CT molecular complexity index is 123. The van der Waals surface area contributed by atoms with Gasteiger partial charge in [-0.3, -0.25) is 0 Å². The Morgan fingerprint density at radius 2 is 2.30 bits per heavy atom. The van der Waals surface area contributed by atoms with Crippen LogP contribution in [0.25, 0.3) is 0 Å². The van der Waals surface area contributed by atoms with E-state index in [1.54, 1.807) is 0 Å². The van der Waals surface area contributed by atoms with E-state index in [1.807, 2.05) is 6.92 Å². The molecule has 0 N–H and O–H groups in total. The third-order valence-corrected chi connectivity index (χ3v) is 1.60. The standard InChI is InChI=1S/C9H16O/c1-3-4-5-8(2)10-9-6-7-9/h5,9H,3-4,6-7H2,1-2H3/b8-5-. The maximum atomic E-state index is 5.52. The molecule has 1 saturated carbocycles. The van der Waals surface area contributed by atoms with Gasteiger partial charge in [-0.15, -0.1) is 0 Å². The van der Waals surface area contributed by atoms with Gasteiger partial charge in [0.25, 0.3) is 0 Å². The molecular formula is C9H16O. The molecule has 0 atom stereocenters. The second kappa shape index (κ2) is 3.65. The maximum absolute atomic E-state index is 5.52. The van der Waals surface area contributed by atoms with Crippen LogP contribution in [0.4, 0.5) is 0 Å². The first kappa shape index (κ1) is 7.64. The van der Waals surface area contributed by atoms with Crippen molar-refractivity contribution in [3.63, 3.8) is 0 Å². The summed E-state index contributed by atoms with van der Waals surface area (Å²) >= 11 is 0. The summed E-state index contributed by atoms with van der Waals surface area (Å²) in [5, 5.41) is 0. The summed E-state index contributed by atoms with van der Waals surface area (Å²) in [6.45, 7) is 4.23. The molecule has 0 amide bonds. The highest BCUT2D eigenvalue weighted by molar-refractivity contribution is 4.91. The summed E-state index contributed by atoms with van der Waals surface area (Å²) in [6.07, 6.45) is 7.63. The summed E-state index contributed by atoms with van der Waals surface area (Å²) in [5.41, 5.74) is 0. The summed E-state index contributed by atoms with van der Waals surface area (Å²) in [7, 11) is 0. The second-order valence-electron chi connectivity index (χ2n) is 2.92. The highest BCUT2D eigenvalue weighted by Crippen LogP contribution is 2.26. The fourth-order valence-electron chi connectivity index (χ4n) is 0.844. The van der Waals surface area contributed by atoms with E-state index < -0.39 is 0 Å².